The smallest absolute Gasteiger partial charge is 0.270 e. The summed E-state index contributed by atoms with van der Waals surface area (Å²) in [5, 5.41) is 16.2. The van der Waals surface area contributed by atoms with Crippen molar-refractivity contribution in [1.82, 2.24) is 9.97 Å². The van der Waals surface area contributed by atoms with E-state index in [1.54, 1.807) is 12.1 Å². The second-order valence-electron chi connectivity index (χ2n) is 7.08. The minimum Gasteiger partial charge on any atom is -0.388 e. The summed E-state index contributed by atoms with van der Waals surface area (Å²) in [7, 11) is 1.89. The molecule has 0 bridgehead atoms. The van der Waals surface area contributed by atoms with Crippen LogP contribution in [0, 0.1) is 10.1 Å². The van der Waals surface area contributed by atoms with Crippen molar-refractivity contribution >= 4 is 33.3 Å². The van der Waals surface area contributed by atoms with E-state index in [-0.39, 0.29) is 10.6 Å². The molecule has 5 rings (SSSR count). The molecule has 6 nitrogen and oxygen atoms in total. The molecule has 5 aromatic rings. The minimum absolute atomic E-state index is 0.0613. The van der Waals surface area contributed by atoms with Gasteiger partial charge in [0.05, 0.1) is 4.92 Å². The Balaban J connectivity index is 1.89. The van der Waals surface area contributed by atoms with Gasteiger partial charge >= 0.3 is 0 Å². The number of hydrogen-bond donors (Lipinski definition) is 2. The van der Waals surface area contributed by atoms with Crippen molar-refractivity contribution in [2.75, 3.05) is 12.4 Å². The molecule has 2 heterocycles. The highest BCUT2D eigenvalue weighted by Gasteiger charge is 2.19. The van der Waals surface area contributed by atoms with Crippen LogP contribution in [-0.4, -0.2) is 21.9 Å². The number of anilines is 1. The molecule has 0 atom stereocenters. The van der Waals surface area contributed by atoms with E-state index in [4.69, 9.17) is 0 Å². The zero-order valence-corrected chi connectivity index (χ0v) is 16.2. The summed E-state index contributed by atoms with van der Waals surface area (Å²) in [6, 6.07) is 23.1. The molecule has 146 valence electrons. The van der Waals surface area contributed by atoms with Crippen LogP contribution in [-0.2, 0) is 0 Å². The number of nitro groups is 1. The Hall–Kier alpha value is -4.19. The number of aromatic amines is 1. The Morgan fingerprint density at radius 1 is 0.967 bits per heavy atom. The van der Waals surface area contributed by atoms with Gasteiger partial charge in [0.25, 0.3) is 5.69 Å². The number of fused-ring (bicyclic) bond motifs is 3. The topological polar surface area (TPSA) is 83.8 Å². The summed E-state index contributed by atoms with van der Waals surface area (Å²) in [5.74, 6) is 0. The van der Waals surface area contributed by atoms with Crippen LogP contribution in [0.2, 0.25) is 0 Å². The number of non-ortho nitro benzene ring substituents is 1. The minimum atomic E-state index is -0.367. The summed E-state index contributed by atoms with van der Waals surface area (Å²) in [6.07, 6.45) is 1.86. The second-order valence-corrected chi connectivity index (χ2v) is 7.08. The largest absolute Gasteiger partial charge is 0.388 e. The highest BCUT2D eigenvalue weighted by Crippen LogP contribution is 2.41. The van der Waals surface area contributed by atoms with Gasteiger partial charge < -0.3 is 10.3 Å². The number of aromatic nitrogens is 2. The van der Waals surface area contributed by atoms with Gasteiger partial charge in [-0.25, -0.2) is 4.98 Å². The number of benzene rings is 3. The van der Waals surface area contributed by atoms with Gasteiger partial charge in [0.15, 0.2) is 0 Å². The Kier molecular flexibility index (Phi) is 4.17. The van der Waals surface area contributed by atoms with E-state index in [2.05, 4.69) is 39.6 Å². The van der Waals surface area contributed by atoms with Crippen molar-refractivity contribution in [2.45, 2.75) is 0 Å². The average molecular weight is 394 g/mol. The number of nitrogens with one attached hydrogen (secondary N) is 2. The van der Waals surface area contributed by atoms with Gasteiger partial charge in [-0.05, 0) is 29.3 Å². The fraction of sp³-hybridized carbons (Fsp3) is 0.0417. The predicted octanol–water partition coefficient (Wildman–Crippen LogP) is 6.00. The summed E-state index contributed by atoms with van der Waals surface area (Å²) < 4.78 is 0. The van der Waals surface area contributed by atoms with Gasteiger partial charge in [-0.3, -0.25) is 10.1 Å². The van der Waals surface area contributed by atoms with Gasteiger partial charge in [0.1, 0.15) is 5.65 Å². The van der Waals surface area contributed by atoms with Crippen molar-refractivity contribution in [1.29, 1.82) is 0 Å². The van der Waals surface area contributed by atoms with E-state index in [9.17, 15) is 10.1 Å². The molecule has 0 aliphatic heterocycles. The summed E-state index contributed by atoms with van der Waals surface area (Å²) in [5.41, 5.74) is 6.66. The van der Waals surface area contributed by atoms with Crippen molar-refractivity contribution in [3.05, 3.63) is 89.1 Å². The normalized spacial score (nSPS) is 11.1. The zero-order chi connectivity index (χ0) is 20.7. The molecule has 0 spiro atoms. The summed E-state index contributed by atoms with van der Waals surface area (Å²) in [4.78, 5) is 19.0. The lowest BCUT2D eigenvalue weighted by Gasteiger charge is -2.12. The first-order valence-electron chi connectivity index (χ1n) is 9.58. The maximum atomic E-state index is 11.4. The Morgan fingerprint density at radius 2 is 1.73 bits per heavy atom. The van der Waals surface area contributed by atoms with Crippen LogP contribution in [0.5, 0.6) is 0 Å². The van der Waals surface area contributed by atoms with Crippen LogP contribution in [0.3, 0.4) is 0 Å². The van der Waals surface area contributed by atoms with Crippen LogP contribution < -0.4 is 5.32 Å². The molecule has 0 aliphatic carbocycles. The standard InChI is InChI=1S/C24H18N4O2/c1-25-17-9-7-15(8-10-17)20-14-26-24-23(22(20)16-5-3-2-4-6-16)19-13-18(28(29)30)11-12-21(19)27-24/h2-14,25H,1H3,(H,26,27). The fourth-order valence-electron chi connectivity index (χ4n) is 3.90. The van der Waals surface area contributed by atoms with E-state index in [1.165, 1.54) is 6.07 Å². The van der Waals surface area contributed by atoms with Crippen LogP contribution in [0.15, 0.2) is 79.0 Å². The van der Waals surface area contributed by atoms with Gasteiger partial charge in [-0.2, -0.15) is 0 Å². The summed E-state index contributed by atoms with van der Waals surface area (Å²) >= 11 is 0. The van der Waals surface area contributed by atoms with E-state index >= 15 is 0 Å². The number of nitrogens with zero attached hydrogens (tertiary/aromatic N) is 2. The number of H-pyrrole nitrogens is 1. The molecule has 0 saturated heterocycles. The first-order valence-corrected chi connectivity index (χ1v) is 9.58. The first-order chi connectivity index (χ1) is 14.7. The van der Waals surface area contributed by atoms with Crippen LogP contribution in [0.25, 0.3) is 44.2 Å². The molecule has 3 aromatic carbocycles. The van der Waals surface area contributed by atoms with Crippen molar-refractivity contribution in [2.24, 2.45) is 0 Å². The fourth-order valence-corrected chi connectivity index (χ4v) is 3.90. The van der Waals surface area contributed by atoms with Crippen molar-refractivity contribution in [3.63, 3.8) is 0 Å². The zero-order valence-electron chi connectivity index (χ0n) is 16.2. The Labute approximate surface area is 172 Å². The van der Waals surface area contributed by atoms with E-state index in [0.717, 1.165) is 44.2 Å². The third-order valence-electron chi connectivity index (χ3n) is 5.36. The number of nitro benzene ring substituents is 1. The molecule has 2 N–H and O–H groups in total. The molecule has 2 aromatic heterocycles. The Morgan fingerprint density at radius 3 is 2.43 bits per heavy atom. The maximum Gasteiger partial charge on any atom is 0.270 e. The first kappa shape index (κ1) is 17.9. The predicted molar refractivity (Wildman–Crippen MR) is 121 cm³/mol. The van der Waals surface area contributed by atoms with Crippen molar-refractivity contribution < 1.29 is 4.92 Å². The van der Waals surface area contributed by atoms with Gasteiger partial charge in [0.2, 0.25) is 0 Å². The van der Waals surface area contributed by atoms with E-state index in [1.807, 2.05) is 43.6 Å². The molecule has 0 radical (unpaired) electrons. The second kappa shape index (κ2) is 7.00. The quantitative estimate of drug-likeness (QED) is 0.289. The third kappa shape index (κ3) is 2.86. The molecule has 0 amide bonds. The lowest BCUT2D eigenvalue weighted by Crippen LogP contribution is -1.91. The third-order valence-corrected chi connectivity index (χ3v) is 5.36. The van der Waals surface area contributed by atoms with Crippen LogP contribution in [0.1, 0.15) is 0 Å². The van der Waals surface area contributed by atoms with E-state index < -0.39 is 0 Å². The lowest BCUT2D eigenvalue weighted by molar-refractivity contribution is -0.384. The SMILES string of the molecule is CNc1ccc(-c2cnc3[nH]c4ccc([N+](=O)[O-])cc4c3c2-c2ccccc2)cc1. The highest BCUT2D eigenvalue weighted by molar-refractivity contribution is 6.16. The maximum absolute atomic E-state index is 11.4. The molecular formula is C24H18N4O2. The monoisotopic (exact) mass is 394 g/mol. The molecule has 6 heteroatoms. The molecule has 0 fully saturated rings. The molecule has 30 heavy (non-hydrogen) atoms. The molecule has 0 aliphatic rings. The van der Waals surface area contributed by atoms with E-state index in [0.29, 0.717) is 5.65 Å². The molecule has 0 unspecified atom stereocenters. The van der Waals surface area contributed by atoms with Gasteiger partial charge in [-0.1, -0.05) is 42.5 Å². The Bertz CT molecular complexity index is 1390. The number of hydrogen-bond acceptors (Lipinski definition) is 4. The molecule has 0 saturated carbocycles. The molecular weight excluding hydrogens is 376 g/mol. The summed E-state index contributed by atoms with van der Waals surface area (Å²) in [6.45, 7) is 0. The van der Waals surface area contributed by atoms with Crippen molar-refractivity contribution in [3.8, 4) is 22.3 Å². The number of rotatable bonds is 4. The number of pyridine rings is 1. The highest BCUT2D eigenvalue weighted by atomic mass is 16.6. The van der Waals surface area contributed by atoms with Crippen LogP contribution >= 0.6 is 0 Å². The van der Waals surface area contributed by atoms with Gasteiger partial charge in [-0.15, -0.1) is 0 Å². The van der Waals surface area contributed by atoms with Crippen LogP contribution in [0.4, 0.5) is 11.4 Å². The average Bonchev–Trinajstić information content (AvgIpc) is 3.17. The van der Waals surface area contributed by atoms with Gasteiger partial charge in [0, 0.05) is 58.5 Å². The lowest BCUT2D eigenvalue weighted by atomic mass is 9.92.